The van der Waals surface area contributed by atoms with Crippen molar-refractivity contribution in [1.29, 1.82) is 0 Å². The van der Waals surface area contributed by atoms with Crippen LogP contribution in [-0.2, 0) is 6.42 Å². The van der Waals surface area contributed by atoms with Crippen LogP contribution in [0.2, 0.25) is 10.0 Å². The van der Waals surface area contributed by atoms with E-state index in [1.54, 1.807) is 18.2 Å². The predicted octanol–water partition coefficient (Wildman–Crippen LogP) is 5.79. The third-order valence-corrected chi connectivity index (χ3v) is 3.74. The molecule has 100 valence electrons. The summed E-state index contributed by atoms with van der Waals surface area (Å²) in [6, 6.07) is 8.76. The van der Waals surface area contributed by atoms with Crippen molar-refractivity contribution >= 4 is 34.8 Å². The summed E-state index contributed by atoms with van der Waals surface area (Å²) in [4.78, 5) is 0. The number of rotatable bonds is 3. The SMILES string of the molecule is Fc1ccc(CC(Cl)c2c(Cl)cccc2Cl)cc1F. The molecular weight excluding hydrogens is 313 g/mol. The maximum atomic E-state index is 13.1. The van der Waals surface area contributed by atoms with E-state index in [1.165, 1.54) is 6.07 Å². The highest BCUT2D eigenvalue weighted by Gasteiger charge is 2.16. The van der Waals surface area contributed by atoms with Gasteiger partial charge in [-0.1, -0.05) is 35.3 Å². The highest BCUT2D eigenvalue weighted by atomic mass is 35.5. The molecule has 0 aliphatic rings. The molecule has 0 spiro atoms. The highest BCUT2D eigenvalue weighted by Crippen LogP contribution is 2.36. The molecule has 0 N–H and O–H groups in total. The minimum absolute atomic E-state index is 0.308. The van der Waals surface area contributed by atoms with Crippen LogP contribution >= 0.6 is 34.8 Å². The Morgan fingerprint density at radius 1 is 0.947 bits per heavy atom. The van der Waals surface area contributed by atoms with E-state index in [1.807, 2.05) is 0 Å². The van der Waals surface area contributed by atoms with Crippen LogP contribution < -0.4 is 0 Å². The zero-order chi connectivity index (χ0) is 14.0. The van der Waals surface area contributed by atoms with E-state index in [-0.39, 0.29) is 0 Å². The Morgan fingerprint density at radius 3 is 2.16 bits per heavy atom. The zero-order valence-corrected chi connectivity index (χ0v) is 11.9. The van der Waals surface area contributed by atoms with Gasteiger partial charge in [0.25, 0.3) is 0 Å². The Kier molecular flexibility index (Phi) is 4.67. The minimum Gasteiger partial charge on any atom is -0.204 e. The third-order valence-electron chi connectivity index (χ3n) is 2.71. The molecule has 2 aromatic carbocycles. The number of hydrogen-bond acceptors (Lipinski definition) is 0. The van der Waals surface area contributed by atoms with Gasteiger partial charge in [-0.3, -0.25) is 0 Å². The van der Waals surface area contributed by atoms with E-state index in [9.17, 15) is 8.78 Å². The van der Waals surface area contributed by atoms with E-state index >= 15 is 0 Å². The van der Waals surface area contributed by atoms with Crippen molar-refractivity contribution in [3.05, 3.63) is 69.2 Å². The molecule has 0 fully saturated rings. The first kappa shape index (κ1) is 14.6. The van der Waals surface area contributed by atoms with Crippen LogP contribution in [0.4, 0.5) is 8.78 Å². The summed E-state index contributed by atoms with van der Waals surface area (Å²) >= 11 is 18.3. The molecule has 2 rings (SSSR count). The predicted molar refractivity (Wildman–Crippen MR) is 75.1 cm³/mol. The van der Waals surface area contributed by atoms with Crippen molar-refractivity contribution < 1.29 is 8.78 Å². The first-order valence-electron chi connectivity index (χ1n) is 5.51. The lowest BCUT2D eigenvalue weighted by molar-refractivity contribution is 0.507. The number of halogens is 5. The topological polar surface area (TPSA) is 0 Å². The molecular formula is C14H9Cl3F2. The fraction of sp³-hybridized carbons (Fsp3) is 0.143. The summed E-state index contributed by atoms with van der Waals surface area (Å²) in [5.41, 5.74) is 1.17. The van der Waals surface area contributed by atoms with Gasteiger partial charge in [0.15, 0.2) is 11.6 Å². The largest absolute Gasteiger partial charge is 0.204 e. The van der Waals surface area contributed by atoms with Crippen molar-refractivity contribution in [2.45, 2.75) is 11.8 Å². The first-order chi connectivity index (χ1) is 8.99. The smallest absolute Gasteiger partial charge is 0.159 e. The molecule has 0 aliphatic heterocycles. The van der Waals surface area contributed by atoms with Crippen molar-refractivity contribution in [3.8, 4) is 0 Å². The van der Waals surface area contributed by atoms with Crippen LogP contribution in [0.5, 0.6) is 0 Å². The molecule has 0 amide bonds. The Labute approximate surface area is 124 Å². The van der Waals surface area contributed by atoms with E-state index in [0.29, 0.717) is 27.6 Å². The van der Waals surface area contributed by atoms with Gasteiger partial charge in [-0.25, -0.2) is 8.78 Å². The molecule has 0 aliphatic carbocycles. The van der Waals surface area contributed by atoms with Gasteiger partial charge in [0.2, 0.25) is 0 Å². The molecule has 0 saturated carbocycles. The van der Waals surface area contributed by atoms with Crippen LogP contribution in [-0.4, -0.2) is 0 Å². The quantitative estimate of drug-likeness (QED) is 0.627. The lowest BCUT2D eigenvalue weighted by Crippen LogP contribution is -1.99. The van der Waals surface area contributed by atoms with E-state index in [2.05, 4.69) is 0 Å². The summed E-state index contributed by atoms with van der Waals surface area (Å²) in [5.74, 6) is -1.78. The maximum Gasteiger partial charge on any atom is 0.159 e. The van der Waals surface area contributed by atoms with Gasteiger partial charge in [-0.15, -0.1) is 11.6 Å². The van der Waals surface area contributed by atoms with Gasteiger partial charge < -0.3 is 0 Å². The Hall–Kier alpha value is -0.830. The number of alkyl halides is 1. The summed E-state index contributed by atoms with van der Waals surface area (Å²) in [5, 5.41) is 0.399. The normalized spacial score (nSPS) is 12.5. The van der Waals surface area contributed by atoms with Crippen molar-refractivity contribution in [1.82, 2.24) is 0 Å². The van der Waals surface area contributed by atoms with Gasteiger partial charge in [0.05, 0.1) is 5.38 Å². The molecule has 0 aromatic heterocycles. The van der Waals surface area contributed by atoms with Gasteiger partial charge in [0.1, 0.15) is 0 Å². The van der Waals surface area contributed by atoms with Crippen LogP contribution in [0, 0.1) is 11.6 Å². The van der Waals surface area contributed by atoms with Crippen LogP contribution in [0.25, 0.3) is 0 Å². The molecule has 1 atom stereocenters. The van der Waals surface area contributed by atoms with E-state index in [0.717, 1.165) is 12.1 Å². The molecule has 0 radical (unpaired) electrons. The lowest BCUT2D eigenvalue weighted by atomic mass is 10.0. The molecule has 0 nitrogen and oxygen atoms in total. The van der Waals surface area contributed by atoms with Gasteiger partial charge in [-0.05, 0) is 36.2 Å². The monoisotopic (exact) mass is 320 g/mol. The second-order valence-corrected chi connectivity index (χ2v) is 5.40. The summed E-state index contributed by atoms with van der Waals surface area (Å²) < 4.78 is 26.0. The molecule has 1 unspecified atom stereocenters. The fourth-order valence-corrected chi connectivity index (χ4v) is 2.97. The van der Waals surface area contributed by atoms with Gasteiger partial charge in [0, 0.05) is 15.6 Å². The number of benzene rings is 2. The van der Waals surface area contributed by atoms with E-state index in [4.69, 9.17) is 34.8 Å². The van der Waals surface area contributed by atoms with Crippen LogP contribution in [0.1, 0.15) is 16.5 Å². The average molecular weight is 322 g/mol. The van der Waals surface area contributed by atoms with E-state index < -0.39 is 17.0 Å². The zero-order valence-electron chi connectivity index (χ0n) is 9.64. The molecule has 2 aromatic rings. The Balaban J connectivity index is 2.25. The highest BCUT2D eigenvalue weighted by molar-refractivity contribution is 6.37. The van der Waals surface area contributed by atoms with Crippen LogP contribution in [0.15, 0.2) is 36.4 Å². The van der Waals surface area contributed by atoms with Crippen molar-refractivity contribution in [2.24, 2.45) is 0 Å². The van der Waals surface area contributed by atoms with Crippen molar-refractivity contribution in [2.75, 3.05) is 0 Å². The Morgan fingerprint density at radius 2 is 1.58 bits per heavy atom. The minimum atomic E-state index is -0.897. The summed E-state index contributed by atoms with van der Waals surface area (Å²) in [7, 11) is 0. The second-order valence-electron chi connectivity index (χ2n) is 4.06. The summed E-state index contributed by atoms with van der Waals surface area (Å²) in [6.07, 6.45) is 0.308. The standard InChI is InChI=1S/C14H9Cl3F2/c15-9-2-1-3-10(16)14(9)11(17)6-8-4-5-12(18)13(19)7-8/h1-5,7,11H,6H2. The lowest BCUT2D eigenvalue weighted by Gasteiger charge is -2.13. The van der Waals surface area contributed by atoms with Crippen LogP contribution in [0.3, 0.4) is 0 Å². The fourth-order valence-electron chi connectivity index (χ4n) is 1.79. The number of hydrogen-bond donors (Lipinski definition) is 0. The second kappa shape index (κ2) is 6.08. The Bertz CT molecular complexity index is 579. The summed E-state index contributed by atoms with van der Waals surface area (Å²) in [6.45, 7) is 0. The van der Waals surface area contributed by atoms with Gasteiger partial charge >= 0.3 is 0 Å². The molecule has 19 heavy (non-hydrogen) atoms. The van der Waals surface area contributed by atoms with Gasteiger partial charge in [-0.2, -0.15) is 0 Å². The first-order valence-corrected chi connectivity index (χ1v) is 6.70. The molecule has 5 heteroatoms. The molecule has 0 saturated heterocycles. The van der Waals surface area contributed by atoms with Crippen molar-refractivity contribution in [3.63, 3.8) is 0 Å². The molecule has 0 heterocycles. The third kappa shape index (κ3) is 3.38. The molecule has 0 bridgehead atoms. The average Bonchev–Trinajstić information content (AvgIpc) is 2.33. The maximum absolute atomic E-state index is 13.1.